The van der Waals surface area contributed by atoms with Crippen LogP contribution < -0.4 is 10.1 Å². The zero-order chi connectivity index (χ0) is 17.2. The van der Waals surface area contributed by atoms with Crippen LogP contribution in [0.25, 0.3) is 0 Å². The van der Waals surface area contributed by atoms with Crippen LogP contribution in [0.1, 0.15) is 24.8 Å². The number of rotatable bonds is 9. The molecule has 1 amide bonds. The number of nitrogens with one attached hydrogen (secondary N) is 1. The molecule has 0 aliphatic carbocycles. The smallest absolute Gasteiger partial charge is 0.236 e. The van der Waals surface area contributed by atoms with E-state index in [9.17, 15) is 4.79 Å². The van der Waals surface area contributed by atoms with Gasteiger partial charge in [-0.3, -0.25) is 4.79 Å². The summed E-state index contributed by atoms with van der Waals surface area (Å²) in [5, 5.41) is 3.12. The number of ether oxygens (including phenoxy) is 2. The van der Waals surface area contributed by atoms with Crippen LogP contribution in [0, 0.1) is 5.92 Å². The van der Waals surface area contributed by atoms with Crippen molar-refractivity contribution in [1.82, 2.24) is 10.2 Å². The van der Waals surface area contributed by atoms with Crippen molar-refractivity contribution in [3.63, 3.8) is 0 Å². The van der Waals surface area contributed by atoms with E-state index in [1.807, 2.05) is 17.0 Å². The van der Waals surface area contributed by atoms with Crippen LogP contribution in [-0.2, 0) is 16.0 Å². The highest BCUT2D eigenvalue weighted by Crippen LogP contribution is 2.23. The lowest BCUT2D eigenvalue weighted by Gasteiger charge is -2.32. The minimum absolute atomic E-state index is 0.208. The van der Waals surface area contributed by atoms with Crippen molar-refractivity contribution < 1.29 is 14.3 Å². The number of piperidine rings is 1. The van der Waals surface area contributed by atoms with E-state index >= 15 is 0 Å². The van der Waals surface area contributed by atoms with Gasteiger partial charge < -0.3 is 19.7 Å². The number of carbonyl (C=O) groups excluding carboxylic acids is 1. The molecule has 2 rings (SSSR count). The van der Waals surface area contributed by atoms with Crippen molar-refractivity contribution >= 4 is 5.91 Å². The van der Waals surface area contributed by atoms with Crippen LogP contribution in [0.3, 0.4) is 0 Å². The van der Waals surface area contributed by atoms with Gasteiger partial charge in [0, 0.05) is 26.7 Å². The molecule has 1 fully saturated rings. The van der Waals surface area contributed by atoms with Crippen molar-refractivity contribution in [1.29, 1.82) is 0 Å². The van der Waals surface area contributed by atoms with Crippen molar-refractivity contribution in [3.8, 4) is 5.75 Å². The Labute approximate surface area is 145 Å². The number of amides is 1. The quantitative estimate of drug-likeness (QED) is 0.703. The molecule has 0 atom stereocenters. The lowest BCUT2D eigenvalue weighted by Crippen LogP contribution is -2.43. The molecule has 1 aromatic rings. The summed E-state index contributed by atoms with van der Waals surface area (Å²) in [7, 11) is 3.36. The van der Waals surface area contributed by atoms with E-state index in [1.54, 1.807) is 14.2 Å². The van der Waals surface area contributed by atoms with Crippen molar-refractivity contribution in [2.75, 3.05) is 47.0 Å². The number of methoxy groups -OCH3 is 2. The Kier molecular flexibility index (Phi) is 8.05. The van der Waals surface area contributed by atoms with Crippen LogP contribution in [0.5, 0.6) is 5.75 Å². The lowest BCUT2D eigenvalue weighted by atomic mass is 9.90. The number of carbonyl (C=O) groups is 1. The first kappa shape index (κ1) is 18.7. The average molecular weight is 334 g/mol. The van der Waals surface area contributed by atoms with E-state index in [0.29, 0.717) is 13.2 Å². The maximum absolute atomic E-state index is 12.1. The van der Waals surface area contributed by atoms with Gasteiger partial charge in [0.05, 0.1) is 20.3 Å². The second kappa shape index (κ2) is 10.3. The predicted molar refractivity (Wildman–Crippen MR) is 95.4 cm³/mol. The summed E-state index contributed by atoms with van der Waals surface area (Å²) in [4.78, 5) is 14.1. The molecule has 0 saturated carbocycles. The highest BCUT2D eigenvalue weighted by Gasteiger charge is 2.22. The minimum Gasteiger partial charge on any atom is -0.497 e. The Morgan fingerprint density at radius 3 is 2.54 bits per heavy atom. The Morgan fingerprint density at radius 2 is 1.92 bits per heavy atom. The Morgan fingerprint density at radius 1 is 1.21 bits per heavy atom. The van der Waals surface area contributed by atoms with E-state index in [2.05, 4.69) is 17.4 Å². The number of hydrogen-bond donors (Lipinski definition) is 1. The van der Waals surface area contributed by atoms with Gasteiger partial charge in [-0.2, -0.15) is 0 Å². The largest absolute Gasteiger partial charge is 0.497 e. The van der Waals surface area contributed by atoms with Gasteiger partial charge in [0.1, 0.15) is 5.75 Å². The standard InChI is InChI=1S/C19H30N2O3/c1-23-14-11-20-15-19(22)21-12-9-17(10-13-21)4-3-16-5-7-18(24-2)8-6-16/h5-8,17,20H,3-4,9-15H2,1-2H3. The number of hydrogen-bond acceptors (Lipinski definition) is 4. The molecule has 1 aliphatic heterocycles. The van der Waals surface area contributed by atoms with Gasteiger partial charge in [-0.05, 0) is 49.3 Å². The monoisotopic (exact) mass is 334 g/mol. The Hall–Kier alpha value is -1.59. The van der Waals surface area contributed by atoms with Crippen LogP contribution in [0.15, 0.2) is 24.3 Å². The summed E-state index contributed by atoms with van der Waals surface area (Å²) in [6.45, 7) is 3.55. The van der Waals surface area contributed by atoms with E-state index in [4.69, 9.17) is 9.47 Å². The third kappa shape index (κ3) is 6.13. The number of nitrogens with zero attached hydrogens (tertiary/aromatic N) is 1. The predicted octanol–water partition coefficient (Wildman–Crippen LogP) is 2.10. The molecule has 1 aliphatic rings. The molecule has 1 heterocycles. The fraction of sp³-hybridized carbons (Fsp3) is 0.632. The first-order chi connectivity index (χ1) is 11.7. The summed E-state index contributed by atoms with van der Waals surface area (Å²) in [6, 6.07) is 8.33. The molecule has 0 unspecified atom stereocenters. The Balaban J connectivity index is 1.64. The van der Waals surface area contributed by atoms with E-state index < -0.39 is 0 Å². The summed E-state index contributed by atoms with van der Waals surface area (Å²) in [6.07, 6.45) is 4.52. The molecule has 1 aromatic carbocycles. The number of benzene rings is 1. The van der Waals surface area contributed by atoms with Crippen LogP contribution in [-0.4, -0.2) is 57.8 Å². The molecule has 134 valence electrons. The fourth-order valence-electron chi connectivity index (χ4n) is 3.12. The molecular formula is C19H30N2O3. The van der Waals surface area contributed by atoms with Crippen molar-refractivity contribution in [2.45, 2.75) is 25.7 Å². The number of likely N-dealkylation sites (tertiary alicyclic amines) is 1. The maximum Gasteiger partial charge on any atom is 0.236 e. The molecular weight excluding hydrogens is 304 g/mol. The molecule has 1 N–H and O–H groups in total. The van der Waals surface area contributed by atoms with E-state index in [0.717, 1.165) is 50.6 Å². The lowest BCUT2D eigenvalue weighted by molar-refractivity contribution is -0.131. The van der Waals surface area contributed by atoms with Crippen LogP contribution in [0.4, 0.5) is 0 Å². The highest BCUT2D eigenvalue weighted by molar-refractivity contribution is 5.78. The summed E-state index contributed by atoms with van der Waals surface area (Å²) >= 11 is 0. The maximum atomic E-state index is 12.1. The van der Waals surface area contributed by atoms with Gasteiger partial charge in [0.25, 0.3) is 0 Å². The van der Waals surface area contributed by atoms with Crippen molar-refractivity contribution in [3.05, 3.63) is 29.8 Å². The van der Waals surface area contributed by atoms with Gasteiger partial charge in [-0.15, -0.1) is 0 Å². The van der Waals surface area contributed by atoms with E-state index in [-0.39, 0.29) is 5.91 Å². The topological polar surface area (TPSA) is 50.8 Å². The first-order valence-electron chi connectivity index (χ1n) is 8.83. The normalized spacial score (nSPS) is 15.5. The first-order valence-corrected chi connectivity index (χ1v) is 8.83. The molecule has 1 saturated heterocycles. The van der Waals surface area contributed by atoms with Gasteiger partial charge in [0.2, 0.25) is 5.91 Å². The van der Waals surface area contributed by atoms with Gasteiger partial charge in [0.15, 0.2) is 0 Å². The van der Waals surface area contributed by atoms with Gasteiger partial charge >= 0.3 is 0 Å². The van der Waals surface area contributed by atoms with Gasteiger partial charge in [-0.1, -0.05) is 12.1 Å². The van der Waals surface area contributed by atoms with Crippen molar-refractivity contribution in [2.24, 2.45) is 5.92 Å². The van der Waals surface area contributed by atoms with E-state index in [1.165, 1.54) is 12.0 Å². The second-order valence-corrected chi connectivity index (χ2v) is 6.38. The van der Waals surface area contributed by atoms with Crippen LogP contribution >= 0.6 is 0 Å². The second-order valence-electron chi connectivity index (χ2n) is 6.38. The molecule has 24 heavy (non-hydrogen) atoms. The summed E-state index contributed by atoms with van der Waals surface area (Å²) < 4.78 is 10.2. The molecule has 0 radical (unpaired) electrons. The SMILES string of the molecule is COCCNCC(=O)N1CCC(CCc2ccc(OC)cc2)CC1. The third-order valence-electron chi connectivity index (χ3n) is 4.73. The zero-order valence-corrected chi connectivity index (χ0v) is 14.9. The molecule has 5 nitrogen and oxygen atoms in total. The summed E-state index contributed by atoms with van der Waals surface area (Å²) in [5.41, 5.74) is 1.36. The van der Waals surface area contributed by atoms with Gasteiger partial charge in [-0.25, -0.2) is 0 Å². The highest BCUT2D eigenvalue weighted by atomic mass is 16.5. The molecule has 0 aromatic heterocycles. The number of aryl methyl sites for hydroxylation is 1. The fourth-order valence-corrected chi connectivity index (χ4v) is 3.12. The Bertz CT molecular complexity index is 482. The summed E-state index contributed by atoms with van der Waals surface area (Å²) in [5.74, 6) is 1.84. The molecule has 0 bridgehead atoms. The average Bonchev–Trinajstić information content (AvgIpc) is 2.64. The third-order valence-corrected chi connectivity index (χ3v) is 4.73. The molecule has 0 spiro atoms. The van der Waals surface area contributed by atoms with Crippen LogP contribution in [0.2, 0.25) is 0 Å². The minimum atomic E-state index is 0.208. The zero-order valence-electron chi connectivity index (χ0n) is 14.9. The molecule has 5 heteroatoms.